The zero-order chi connectivity index (χ0) is 24.0. The third-order valence-electron chi connectivity index (χ3n) is 6.18. The molecule has 3 aromatic carbocycles. The Balaban J connectivity index is 1.60. The van der Waals surface area contributed by atoms with Gasteiger partial charge in [-0.15, -0.1) is 0 Å². The average Bonchev–Trinajstić information content (AvgIpc) is 2.81. The molecule has 2 aliphatic rings. The van der Waals surface area contributed by atoms with E-state index < -0.39 is 11.6 Å². The predicted molar refractivity (Wildman–Crippen MR) is 141 cm³/mol. The van der Waals surface area contributed by atoms with Gasteiger partial charge in [-0.25, -0.2) is 0 Å². The van der Waals surface area contributed by atoms with Crippen molar-refractivity contribution in [2.45, 2.75) is 18.7 Å². The summed E-state index contributed by atoms with van der Waals surface area (Å²) in [4.78, 5) is 15.6. The van der Waals surface area contributed by atoms with E-state index in [1.54, 1.807) is 31.4 Å². The van der Waals surface area contributed by atoms with Crippen molar-refractivity contribution < 1.29 is 14.3 Å². The van der Waals surface area contributed by atoms with E-state index in [0.717, 1.165) is 21.5 Å². The number of benzene rings is 3. The number of carbonyl (C=O) groups excluding carboxylic acids is 1. The topological polar surface area (TPSA) is 62.8 Å². The molecule has 0 saturated carbocycles. The van der Waals surface area contributed by atoms with Crippen LogP contribution >= 0.6 is 39.7 Å². The first-order chi connectivity index (χ1) is 16.3. The molecule has 1 fully saturated rings. The summed E-state index contributed by atoms with van der Waals surface area (Å²) in [6.07, 6.45) is 0. The van der Waals surface area contributed by atoms with Gasteiger partial charge in [0.15, 0.2) is 10.8 Å². The van der Waals surface area contributed by atoms with E-state index in [9.17, 15) is 4.79 Å². The van der Waals surface area contributed by atoms with Gasteiger partial charge in [-0.2, -0.15) is 0 Å². The molecule has 9 heteroatoms. The van der Waals surface area contributed by atoms with E-state index in [0.29, 0.717) is 21.6 Å². The molecule has 2 N–H and O–H groups in total. The summed E-state index contributed by atoms with van der Waals surface area (Å²) in [5.41, 5.74) is 1.19. The zero-order valence-electron chi connectivity index (χ0n) is 18.3. The number of fused-ring (bicyclic) bond motifs is 4. The Morgan fingerprint density at radius 1 is 1.18 bits per heavy atom. The maximum atomic E-state index is 13.8. The van der Waals surface area contributed by atoms with Gasteiger partial charge in [0.1, 0.15) is 17.4 Å². The second-order valence-corrected chi connectivity index (χ2v) is 10.0. The van der Waals surface area contributed by atoms with Crippen molar-refractivity contribution in [1.29, 1.82) is 0 Å². The zero-order valence-corrected chi connectivity index (χ0v) is 21.5. The van der Waals surface area contributed by atoms with Crippen LogP contribution in [0.3, 0.4) is 0 Å². The highest BCUT2D eigenvalue weighted by molar-refractivity contribution is 9.10. The Morgan fingerprint density at radius 3 is 2.56 bits per heavy atom. The molecule has 3 aromatic rings. The van der Waals surface area contributed by atoms with E-state index in [-0.39, 0.29) is 11.9 Å². The molecule has 0 aromatic heterocycles. The molecule has 34 heavy (non-hydrogen) atoms. The fourth-order valence-electron chi connectivity index (χ4n) is 4.63. The van der Waals surface area contributed by atoms with E-state index in [2.05, 4.69) is 26.6 Å². The third kappa shape index (κ3) is 3.89. The second kappa shape index (κ2) is 8.76. The third-order valence-corrected chi connectivity index (χ3v) is 7.23. The maximum Gasteiger partial charge on any atom is 0.236 e. The van der Waals surface area contributed by atoms with Gasteiger partial charge in [0, 0.05) is 26.4 Å². The molecule has 0 spiro atoms. The van der Waals surface area contributed by atoms with Gasteiger partial charge in [-0.05, 0) is 85.9 Å². The first-order valence-electron chi connectivity index (χ1n) is 10.6. The molecule has 1 amide bonds. The standard InChI is InChI=1S/C25H21BrClN3O3S/c1-25-21(23(31)28-16-6-4-15(27)5-7-16)22(19-13-14(26)3-12-20(19)33-25)29-24(34)30(25)17-8-10-18(32-2)11-9-17/h3-13,21-22H,1-2H3,(H,28,31)(H,29,34)/t21-,22-,25-/m0/s1. The molecule has 2 heterocycles. The van der Waals surface area contributed by atoms with Gasteiger partial charge in [-0.3, -0.25) is 9.69 Å². The number of rotatable bonds is 4. The first-order valence-corrected chi connectivity index (χ1v) is 12.2. The van der Waals surface area contributed by atoms with Gasteiger partial charge in [-0.1, -0.05) is 27.5 Å². The molecular formula is C25H21BrClN3O3S. The number of methoxy groups -OCH3 is 1. The van der Waals surface area contributed by atoms with Crippen LogP contribution in [-0.2, 0) is 4.79 Å². The van der Waals surface area contributed by atoms with E-state index in [4.69, 9.17) is 33.3 Å². The van der Waals surface area contributed by atoms with Crippen LogP contribution in [0.2, 0.25) is 5.02 Å². The Kier molecular flexibility index (Phi) is 5.91. The molecule has 2 aliphatic heterocycles. The van der Waals surface area contributed by atoms with Crippen LogP contribution in [0.25, 0.3) is 0 Å². The number of hydrogen-bond acceptors (Lipinski definition) is 4. The molecule has 2 bridgehead atoms. The number of thiocarbonyl (C=S) groups is 1. The molecule has 0 aliphatic carbocycles. The van der Waals surface area contributed by atoms with Gasteiger partial charge in [0.2, 0.25) is 5.91 Å². The minimum atomic E-state index is -1.10. The summed E-state index contributed by atoms with van der Waals surface area (Å²) in [5, 5.41) is 7.49. The lowest BCUT2D eigenvalue weighted by Crippen LogP contribution is -2.72. The predicted octanol–water partition coefficient (Wildman–Crippen LogP) is 5.91. The Labute approximate surface area is 216 Å². The SMILES string of the molecule is COc1ccc(N2C(=S)N[C@H]3c4cc(Br)ccc4O[C@@]2(C)[C@@H]3C(=O)Nc2ccc(Cl)cc2)cc1. The summed E-state index contributed by atoms with van der Waals surface area (Å²) in [6, 6.07) is 19.9. The summed E-state index contributed by atoms with van der Waals surface area (Å²) in [7, 11) is 1.62. The number of carbonyl (C=O) groups is 1. The first kappa shape index (κ1) is 23.0. The Bertz CT molecular complexity index is 1270. The maximum absolute atomic E-state index is 13.8. The van der Waals surface area contributed by atoms with Crippen LogP contribution in [0, 0.1) is 5.92 Å². The summed E-state index contributed by atoms with van der Waals surface area (Å²) >= 11 is 15.3. The van der Waals surface area contributed by atoms with Crippen molar-refractivity contribution in [2.75, 3.05) is 17.3 Å². The minimum absolute atomic E-state index is 0.200. The van der Waals surface area contributed by atoms with E-state index >= 15 is 0 Å². The van der Waals surface area contributed by atoms with Crippen LogP contribution in [-0.4, -0.2) is 23.9 Å². The number of nitrogens with one attached hydrogen (secondary N) is 2. The lowest BCUT2D eigenvalue weighted by molar-refractivity contribution is -0.130. The summed E-state index contributed by atoms with van der Waals surface area (Å²) in [5.74, 6) is 0.576. The van der Waals surface area contributed by atoms with Gasteiger partial charge < -0.3 is 20.1 Å². The highest BCUT2D eigenvalue weighted by Gasteiger charge is 2.59. The van der Waals surface area contributed by atoms with Crippen LogP contribution in [0.5, 0.6) is 11.5 Å². The van der Waals surface area contributed by atoms with Crippen LogP contribution in [0.15, 0.2) is 71.2 Å². The molecular weight excluding hydrogens is 538 g/mol. The van der Waals surface area contributed by atoms with Crippen molar-refractivity contribution in [3.63, 3.8) is 0 Å². The lowest BCUT2D eigenvalue weighted by Gasteiger charge is -2.56. The largest absolute Gasteiger partial charge is 0.497 e. The summed E-state index contributed by atoms with van der Waals surface area (Å²) < 4.78 is 12.8. The quantitative estimate of drug-likeness (QED) is 0.388. The highest BCUT2D eigenvalue weighted by atomic mass is 79.9. The van der Waals surface area contributed by atoms with Crippen LogP contribution < -0.4 is 25.0 Å². The van der Waals surface area contributed by atoms with Crippen LogP contribution in [0.4, 0.5) is 11.4 Å². The molecule has 0 unspecified atom stereocenters. The van der Waals surface area contributed by atoms with Gasteiger partial charge in [0.05, 0.1) is 13.2 Å². The fourth-order valence-corrected chi connectivity index (χ4v) is 5.55. The molecule has 6 nitrogen and oxygen atoms in total. The lowest BCUT2D eigenvalue weighted by atomic mass is 9.78. The number of nitrogens with zero attached hydrogens (tertiary/aromatic N) is 1. The summed E-state index contributed by atoms with van der Waals surface area (Å²) in [6.45, 7) is 1.90. The highest BCUT2D eigenvalue weighted by Crippen LogP contribution is 2.50. The molecule has 1 saturated heterocycles. The molecule has 0 radical (unpaired) electrons. The normalized spacial score (nSPS) is 22.8. The number of ether oxygens (including phenoxy) is 2. The number of halogens is 2. The van der Waals surface area contributed by atoms with E-state index in [1.807, 2.05) is 54.3 Å². The van der Waals surface area contributed by atoms with E-state index in [1.165, 1.54) is 0 Å². The number of amides is 1. The molecule has 174 valence electrons. The van der Waals surface area contributed by atoms with Crippen molar-refractivity contribution in [1.82, 2.24) is 5.32 Å². The average molecular weight is 559 g/mol. The minimum Gasteiger partial charge on any atom is -0.497 e. The molecule has 3 atom stereocenters. The van der Waals surface area contributed by atoms with Crippen molar-refractivity contribution in [3.8, 4) is 11.5 Å². The van der Waals surface area contributed by atoms with Crippen LogP contribution in [0.1, 0.15) is 18.5 Å². The number of anilines is 2. The fraction of sp³-hybridized carbons (Fsp3) is 0.200. The molecule has 5 rings (SSSR count). The van der Waals surface area contributed by atoms with Crippen molar-refractivity contribution in [3.05, 3.63) is 81.8 Å². The monoisotopic (exact) mass is 557 g/mol. The smallest absolute Gasteiger partial charge is 0.236 e. The number of hydrogen-bond donors (Lipinski definition) is 2. The second-order valence-electron chi connectivity index (χ2n) is 8.27. The Morgan fingerprint density at radius 2 is 1.88 bits per heavy atom. The van der Waals surface area contributed by atoms with Gasteiger partial charge >= 0.3 is 0 Å². The van der Waals surface area contributed by atoms with Crippen molar-refractivity contribution in [2.24, 2.45) is 5.92 Å². The van der Waals surface area contributed by atoms with Gasteiger partial charge in [0.25, 0.3) is 0 Å². The Hall–Kier alpha value is -2.81. The van der Waals surface area contributed by atoms with Crippen molar-refractivity contribution >= 4 is 62.1 Å².